The third-order valence-corrected chi connectivity index (χ3v) is 5.56. The Morgan fingerprint density at radius 1 is 1.24 bits per heavy atom. The number of thiophene rings is 1. The number of esters is 1. The Kier molecular flexibility index (Phi) is 4.05. The first-order valence-corrected chi connectivity index (χ1v) is 8.85. The van der Waals surface area contributed by atoms with E-state index in [-0.39, 0.29) is 12.6 Å². The van der Waals surface area contributed by atoms with E-state index in [0.717, 1.165) is 24.6 Å². The van der Waals surface area contributed by atoms with Gasteiger partial charge in [-0.25, -0.2) is 9.59 Å². The maximum atomic E-state index is 12.3. The molecule has 0 bridgehead atoms. The number of methoxy groups -OCH3 is 1. The third-order valence-electron chi connectivity index (χ3n) is 4.34. The molecule has 1 aromatic carbocycles. The van der Waals surface area contributed by atoms with Crippen molar-refractivity contribution in [3.8, 4) is 5.75 Å². The van der Waals surface area contributed by atoms with Crippen LogP contribution in [0.15, 0.2) is 39.5 Å². The number of benzene rings is 1. The number of hydrogen-bond acceptors (Lipinski definition) is 6. The second-order valence-corrected chi connectivity index (χ2v) is 7.08. The zero-order valence-corrected chi connectivity index (χ0v) is 14.5. The molecule has 1 aliphatic carbocycles. The Morgan fingerprint density at radius 3 is 2.92 bits per heavy atom. The molecule has 0 amide bonds. The van der Waals surface area contributed by atoms with E-state index in [1.54, 1.807) is 25.3 Å². The Bertz CT molecular complexity index is 993. The van der Waals surface area contributed by atoms with Gasteiger partial charge in [0.05, 0.1) is 7.11 Å². The summed E-state index contributed by atoms with van der Waals surface area (Å²) in [6, 6.07) is 8.50. The molecule has 0 spiro atoms. The Hall–Kier alpha value is -2.60. The van der Waals surface area contributed by atoms with Gasteiger partial charge in [-0.1, -0.05) is 0 Å². The zero-order chi connectivity index (χ0) is 17.4. The van der Waals surface area contributed by atoms with Crippen molar-refractivity contribution in [2.45, 2.75) is 25.9 Å². The van der Waals surface area contributed by atoms with Crippen molar-refractivity contribution in [1.29, 1.82) is 0 Å². The van der Waals surface area contributed by atoms with Crippen LogP contribution in [-0.2, 0) is 24.2 Å². The van der Waals surface area contributed by atoms with E-state index in [4.69, 9.17) is 13.9 Å². The van der Waals surface area contributed by atoms with Crippen molar-refractivity contribution in [2.24, 2.45) is 0 Å². The number of hydrogen-bond donors (Lipinski definition) is 0. The van der Waals surface area contributed by atoms with Gasteiger partial charge in [-0.2, -0.15) is 0 Å². The molecule has 3 aromatic rings. The normalized spacial score (nSPS) is 13.0. The predicted octanol–water partition coefficient (Wildman–Crippen LogP) is 3.71. The van der Waals surface area contributed by atoms with Crippen LogP contribution in [0.1, 0.15) is 32.1 Å². The molecule has 6 heteroatoms. The summed E-state index contributed by atoms with van der Waals surface area (Å²) < 4.78 is 15.8. The number of aryl methyl sites for hydroxylation is 2. The second kappa shape index (κ2) is 6.37. The summed E-state index contributed by atoms with van der Waals surface area (Å²) in [6.45, 7) is 0.0236. The lowest BCUT2D eigenvalue weighted by molar-refractivity contribution is 0.0479. The fourth-order valence-corrected chi connectivity index (χ4v) is 4.25. The number of carbonyl (C=O) groups is 1. The molecule has 0 radical (unpaired) electrons. The minimum atomic E-state index is -0.484. The first-order chi connectivity index (χ1) is 12.1. The van der Waals surface area contributed by atoms with Gasteiger partial charge in [0, 0.05) is 28.0 Å². The first kappa shape index (κ1) is 15.9. The van der Waals surface area contributed by atoms with E-state index >= 15 is 0 Å². The van der Waals surface area contributed by atoms with E-state index in [2.05, 4.69) is 0 Å². The van der Waals surface area contributed by atoms with Gasteiger partial charge in [-0.05, 0) is 43.0 Å². The highest BCUT2D eigenvalue weighted by atomic mass is 32.1. The van der Waals surface area contributed by atoms with Gasteiger partial charge in [0.1, 0.15) is 22.8 Å². The molecule has 0 atom stereocenters. The van der Waals surface area contributed by atoms with E-state index in [9.17, 15) is 9.59 Å². The number of rotatable bonds is 4. The van der Waals surface area contributed by atoms with E-state index in [1.807, 2.05) is 6.07 Å². The molecule has 0 N–H and O–H groups in total. The summed E-state index contributed by atoms with van der Waals surface area (Å²) in [7, 11) is 1.54. The predicted molar refractivity (Wildman–Crippen MR) is 94.5 cm³/mol. The number of fused-ring (bicyclic) bond motifs is 2. The van der Waals surface area contributed by atoms with Gasteiger partial charge in [0.15, 0.2) is 0 Å². The number of ether oxygens (including phenoxy) is 2. The van der Waals surface area contributed by atoms with Crippen molar-refractivity contribution in [2.75, 3.05) is 7.11 Å². The highest BCUT2D eigenvalue weighted by Gasteiger charge is 2.19. The Balaban J connectivity index is 1.57. The second-order valence-electron chi connectivity index (χ2n) is 5.94. The molecule has 0 unspecified atom stereocenters. The highest BCUT2D eigenvalue weighted by molar-refractivity contribution is 7.14. The lowest BCUT2D eigenvalue weighted by Crippen LogP contribution is -2.07. The third kappa shape index (κ3) is 3.05. The minimum absolute atomic E-state index is 0.0236. The molecular formula is C19H16O5S. The van der Waals surface area contributed by atoms with E-state index < -0.39 is 5.63 Å². The minimum Gasteiger partial charge on any atom is -0.497 e. The summed E-state index contributed by atoms with van der Waals surface area (Å²) in [5.74, 6) is 0.243. The molecule has 1 aliphatic rings. The SMILES string of the molecule is COc1ccc2c(COC(=O)c3cc4c(s3)CCC4)cc(=O)oc2c1. The van der Waals surface area contributed by atoms with Crippen LogP contribution in [0.3, 0.4) is 0 Å². The van der Waals surface area contributed by atoms with Gasteiger partial charge < -0.3 is 13.9 Å². The van der Waals surface area contributed by atoms with Crippen LogP contribution in [0.5, 0.6) is 5.75 Å². The molecule has 2 heterocycles. The maximum Gasteiger partial charge on any atom is 0.348 e. The molecule has 0 fully saturated rings. The molecular weight excluding hydrogens is 340 g/mol. The van der Waals surface area contributed by atoms with Crippen LogP contribution in [0.4, 0.5) is 0 Å². The van der Waals surface area contributed by atoms with Crippen LogP contribution < -0.4 is 10.4 Å². The molecule has 0 saturated heterocycles. The summed E-state index contributed by atoms with van der Waals surface area (Å²) in [5, 5.41) is 0.724. The van der Waals surface area contributed by atoms with E-state index in [0.29, 0.717) is 21.8 Å². The summed E-state index contributed by atoms with van der Waals surface area (Å²) in [5.41, 5.74) is 1.80. The van der Waals surface area contributed by atoms with Crippen molar-refractivity contribution in [3.05, 3.63) is 61.6 Å². The van der Waals surface area contributed by atoms with Crippen molar-refractivity contribution in [1.82, 2.24) is 0 Å². The standard InChI is InChI=1S/C19H16O5S/c1-22-13-5-6-14-12(8-18(20)24-15(14)9-13)10-23-19(21)17-7-11-3-2-4-16(11)25-17/h5-9H,2-4,10H2,1H3. The fraction of sp³-hybridized carbons (Fsp3) is 0.263. The summed E-state index contributed by atoms with van der Waals surface area (Å²) >= 11 is 1.51. The topological polar surface area (TPSA) is 65.7 Å². The summed E-state index contributed by atoms with van der Waals surface area (Å²) in [4.78, 5) is 26.0. The Morgan fingerprint density at radius 2 is 2.12 bits per heavy atom. The molecule has 0 aliphatic heterocycles. The Labute approximate surface area is 147 Å². The van der Waals surface area contributed by atoms with Crippen molar-refractivity contribution < 1.29 is 18.7 Å². The van der Waals surface area contributed by atoms with Gasteiger partial charge >= 0.3 is 11.6 Å². The quantitative estimate of drug-likeness (QED) is 0.527. The number of carbonyl (C=O) groups excluding carboxylic acids is 1. The fourth-order valence-electron chi connectivity index (χ4n) is 3.10. The van der Waals surface area contributed by atoms with Crippen LogP contribution in [0, 0.1) is 0 Å². The van der Waals surface area contributed by atoms with Crippen LogP contribution in [0.2, 0.25) is 0 Å². The first-order valence-electron chi connectivity index (χ1n) is 8.03. The molecule has 0 saturated carbocycles. The lowest BCUT2D eigenvalue weighted by Gasteiger charge is -2.07. The molecule has 25 heavy (non-hydrogen) atoms. The van der Waals surface area contributed by atoms with Gasteiger partial charge in [-0.15, -0.1) is 11.3 Å². The van der Waals surface area contributed by atoms with Crippen molar-refractivity contribution >= 4 is 28.3 Å². The molecule has 2 aromatic heterocycles. The largest absolute Gasteiger partial charge is 0.497 e. The van der Waals surface area contributed by atoms with Crippen LogP contribution in [0.25, 0.3) is 11.0 Å². The van der Waals surface area contributed by atoms with Crippen LogP contribution >= 0.6 is 11.3 Å². The van der Waals surface area contributed by atoms with E-state index in [1.165, 1.54) is 27.8 Å². The molecule has 4 rings (SSSR count). The average Bonchev–Trinajstić information content (AvgIpc) is 3.20. The lowest BCUT2D eigenvalue weighted by atomic mass is 10.1. The highest BCUT2D eigenvalue weighted by Crippen LogP contribution is 2.31. The summed E-state index contributed by atoms with van der Waals surface area (Å²) in [6.07, 6.45) is 3.23. The monoisotopic (exact) mass is 356 g/mol. The molecule has 128 valence electrons. The zero-order valence-electron chi connectivity index (χ0n) is 13.7. The molecule has 5 nitrogen and oxygen atoms in total. The van der Waals surface area contributed by atoms with Crippen molar-refractivity contribution in [3.63, 3.8) is 0 Å². The average molecular weight is 356 g/mol. The van der Waals surface area contributed by atoms with Gasteiger partial charge in [0.25, 0.3) is 0 Å². The van der Waals surface area contributed by atoms with Gasteiger partial charge in [0.2, 0.25) is 0 Å². The van der Waals surface area contributed by atoms with Gasteiger partial charge in [-0.3, -0.25) is 0 Å². The maximum absolute atomic E-state index is 12.3. The van der Waals surface area contributed by atoms with Crippen LogP contribution in [-0.4, -0.2) is 13.1 Å². The smallest absolute Gasteiger partial charge is 0.348 e.